The van der Waals surface area contributed by atoms with Gasteiger partial charge in [0.1, 0.15) is 5.82 Å². The van der Waals surface area contributed by atoms with E-state index in [-0.39, 0.29) is 11.7 Å². The van der Waals surface area contributed by atoms with E-state index in [2.05, 4.69) is 15.3 Å². The van der Waals surface area contributed by atoms with Gasteiger partial charge in [-0.15, -0.1) is 0 Å². The van der Waals surface area contributed by atoms with Gasteiger partial charge >= 0.3 is 0 Å². The normalized spacial score (nSPS) is 11.9. The van der Waals surface area contributed by atoms with Crippen LogP contribution in [-0.4, -0.2) is 24.7 Å². The van der Waals surface area contributed by atoms with Crippen LogP contribution in [-0.2, 0) is 21.3 Å². The van der Waals surface area contributed by atoms with Crippen molar-refractivity contribution in [1.82, 2.24) is 14.5 Å². The molecule has 7 heteroatoms. The van der Waals surface area contributed by atoms with Gasteiger partial charge < -0.3 is 5.32 Å². The zero-order valence-corrected chi connectivity index (χ0v) is 14.6. The molecule has 1 atom stereocenters. The molecule has 25 heavy (non-hydrogen) atoms. The summed E-state index contributed by atoms with van der Waals surface area (Å²) in [6.45, 7) is 1.79. The summed E-state index contributed by atoms with van der Waals surface area (Å²) in [5, 5.41) is 3.27. The SMILES string of the molecule is CCC(=O)Nc1ccccc1CS(=O)c1nccn1-c1ccccn1. The Hall–Kier alpha value is -2.80. The number of rotatable bonds is 6. The first-order valence-electron chi connectivity index (χ1n) is 7.90. The lowest BCUT2D eigenvalue weighted by Gasteiger charge is -2.11. The predicted octanol–water partition coefficient (Wildman–Crippen LogP) is 2.92. The smallest absolute Gasteiger partial charge is 0.224 e. The molecule has 3 aromatic rings. The molecule has 3 rings (SSSR count). The summed E-state index contributed by atoms with van der Waals surface area (Å²) >= 11 is 0. The summed E-state index contributed by atoms with van der Waals surface area (Å²) < 4.78 is 14.6. The zero-order chi connectivity index (χ0) is 17.6. The van der Waals surface area contributed by atoms with E-state index >= 15 is 0 Å². The fraction of sp³-hybridized carbons (Fsp3) is 0.167. The second-order valence-electron chi connectivity index (χ2n) is 5.32. The minimum absolute atomic E-state index is 0.0757. The lowest BCUT2D eigenvalue weighted by molar-refractivity contribution is -0.115. The number of benzene rings is 1. The van der Waals surface area contributed by atoms with Gasteiger partial charge in [0.15, 0.2) is 0 Å². The maximum atomic E-state index is 12.9. The largest absolute Gasteiger partial charge is 0.326 e. The number of anilines is 1. The summed E-state index contributed by atoms with van der Waals surface area (Å²) in [7, 11) is -1.38. The van der Waals surface area contributed by atoms with Crippen LogP contribution in [0.3, 0.4) is 0 Å². The van der Waals surface area contributed by atoms with E-state index in [1.54, 1.807) is 30.1 Å². The van der Waals surface area contributed by atoms with Crippen LogP contribution in [0.15, 0.2) is 66.2 Å². The number of carbonyl (C=O) groups excluding carboxylic acids is 1. The molecule has 0 aliphatic carbocycles. The molecular weight excluding hydrogens is 336 g/mol. The van der Waals surface area contributed by atoms with Crippen LogP contribution in [0, 0.1) is 0 Å². The van der Waals surface area contributed by atoms with E-state index in [1.165, 1.54) is 0 Å². The summed E-state index contributed by atoms with van der Waals surface area (Å²) in [6.07, 6.45) is 5.41. The Bertz CT molecular complexity index is 893. The molecule has 0 saturated carbocycles. The number of aromatic nitrogens is 3. The van der Waals surface area contributed by atoms with Crippen molar-refractivity contribution in [2.24, 2.45) is 0 Å². The minimum atomic E-state index is -1.38. The van der Waals surface area contributed by atoms with Crippen molar-refractivity contribution in [3.05, 3.63) is 66.6 Å². The monoisotopic (exact) mass is 354 g/mol. The molecule has 0 aliphatic heterocycles. The number of nitrogens with zero attached hydrogens (tertiary/aromatic N) is 3. The first-order valence-corrected chi connectivity index (χ1v) is 9.22. The first kappa shape index (κ1) is 17.0. The number of imidazole rings is 1. The Labute approximate surface area is 148 Å². The highest BCUT2D eigenvalue weighted by Gasteiger charge is 2.16. The lowest BCUT2D eigenvalue weighted by Crippen LogP contribution is -2.12. The van der Waals surface area contributed by atoms with Crippen LogP contribution < -0.4 is 5.32 Å². The van der Waals surface area contributed by atoms with Gasteiger partial charge in [0, 0.05) is 30.7 Å². The maximum absolute atomic E-state index is 12.9. The van der Waals surface area contributed by atoms with Crippen molar-refractivity contribution >= 4 is 22.4 Å². The van der Waals surface area contributed by atoms with E-state index in [4.69, 9.17) is 0 Å². The summed E-state index contributed by atoms with van der Waals surface area (Å²) in [4.78, 5) is 20.2. The second-order valence-corrected chi connectivity index (χ2v) is 6.66. The number of carbonyl (C=O) groups is 1. The molecule has 0 radical (unpaired) electrons. The van der Waals surface area contributed by atoms with Crippen LogP contribution in [0.1, 0.15) is 18.9 Å². The lowest BCUT2D eigenvalue weighted by atomic mass is 10.2. The van der Waals surface area contributed by atoms with Gasteiger partial charge in [-0.25, -0.2) is 9.97 Å². The first-order chi connectivity index (χ1) is 12.2. The highest BCUT2D eigenvalue weighted by atomic mass is 32.2. The number of amides is 1. The number of nitrogens with one attached hydrogen (secondary N) is 1. The summed E-state index contributed by atoms with van der Waals surface area (Å²) in [5.41, 5.74) is 1.48. The van der Waals surface area contributed by atoms with Gasteiger partial charge in [-0.05, 0) is 23.8 Å². The molecule has 0 aliphatic rings. The molecular formula is C18H18N4O2S. The van der Waals surface area contributed by atoms with Crippen molar-refractivity contribution in [1.29, 1.82) is 0 Å². The predicted molar refractivity (Wildman–Crippen MR) is 96.8 cm³/mol. The highest BCUT2D eigenvalue weighted by Crippen LogP contribution is 2.20. The Morgan fingerprint density at radius 2 is 1.92 bits per heavy atom. The van der Waals surface area contributed by atoms with Crippen molar-refractivity contribution in [2.45, 2.75) is 24.3 Å². The number of para-hydroxylation sites is 1. The van der Waals surface area contributed by atoms with Gasteiger partial charge in [0.05, 0.1) is 16.6 Å². The fourth-order valence-corrected chi connectivity index (χ4v) is 3.56. The van der Waals surface area contributed by atoms with Gasteiger partial charge in [-0.1, -0.05) is 31.2 Å². The van der Waals surface area contributed by atoms with Crippen LogP contribution in [0.4, 0.5) is 5.69 Å². The third-order valence-electron chi connectivity index (χ3n) is 3.61. The Balaban J connectivity index is 1.85. The molecule has 0 fully saturated rings. The molecule has 2 aromatic heterocycles. The molecule has 2 heterocycles. The Morgan fingerprint density at radius 1 is 1.12 bits per heavy atom. The summed E-state index contributed by atoms with van der Waals surface area (Å²) in [5.74, 6) is 0.841. The van der Waals surface area contributed by atoms with Gasteiger partial charge in [-0.2, -0.15) is 0 Å². The van der Waals surface area contributed by atoms with Crippen LogP contribution in [0.25, 0.3) is 5.82 Å². The van der Waals surface area contributed by atoms with Gasteiger partial charge in [-0.3, -0.25) is 13.6 Å². The minimum Gasteiger partial charge on any atom is -0.326 e. The van der Waals surface area contributed by atoms with E-state index in [9.17, 15) is 9.00 Å². The quantitative estimate of drug-likeness (QED) is 0.738. The summed E-state index contributed by atoms with van der Waals surface area (Å²) in [6, 6.07) is 12.9. The third-order valence-corrected chi connectivity index (χ3v) is 4.89. The number of hydrogen-bond acceptors (Lipinski definition) is 4. The Morgan fingerprint density at radius 3 is 2.68 bits per heavy atom. The van der Waals surface area contributed by atoms with E-state index in [0.717, 1.165) is 5.56 Å². The van der Waals surface area contributed by atoms with Crippen molar-refractivity contribution in [2.75, 3.05) is 5.32 Å². The van der Waals surface area contributed by atoms with Crippen LogP contribution in [0.2, 0.25) is 0 Å². The third kappa shape index (κ3) is 4.00. The van der Waals surface area contributed by atoms with Crippen LogP contribution in [0.5, 0.6) is 0 Å². The van der Waals surface area contributed by atoms with Crippen molar-refractivity contribution in [3.8, 4) is 5.82 Å². The maximum Gasteiger partial charge on any atom is 0.224 e. The number of pyridine rings is 1. The standard InChI is InChI=1S/C18H18N4O2S/c1-2-17(23)21-15-8-4-3-7-14(15)13-25(24)18-20-11-12-22(18)16-9-5-6-10-19-16/h3-12H,2,13H2,1H3,(H,21,23). The van der Waals surface area contributed by atoms with E-state index in [0.29, 0.717) is 23.1 Å². The van der Waals surface area contributed by atoms with Gasteiger partial charge in [0.25, 0.3) is 0 Å². The molecule has 6 nitrogen and oxygen atoms in total. The molecule has 128 valence electrons. The second kappa shape index (κ2) is 7.85. The van der Waals surface area contributed by atoms with Gasteiger partial charge in [0.2, 0.25) is 11.1 Å². The molecule has 1 unspecified atom stereocenters. The molecule has 0 spiro atoms. The highest BCUT2D eigenvalue weighted by molar-refractivity contribution is 7.84. The number of hydrogen-bond donors (Lipinski definition) is 1. The van der Waals surface area contributed by atoms with Crippen LogP contribution >= 0.6 is 0 Å². The van der Waals surface area contributed by atoms with E-state index < -0.39 is 10.8 Å². The molecule has 1 N–H and O–H groups in total. The van der Waals surface area contributed by atoms with Crippen molar-refractivity contribution < 1.29 is 9.00 Å². The Kier molecular flexibility index (Phi) is 5.35. The topological polar surface area (TPSA) is 76.9 Å². The van der Waals surface area contributed by atoms with Crippen molar-refractivity contribution in [3.63, 3.8) is 0 Å². The molecule has 1 aromatic carbocycles. The molecule has 0 saturated heterocycles. The zero-order valence-electron chi connectivity index (χ0n) is 13.8. The molecule has 1 amide bonds. The average molecular weight is 354 g/mol. The average Bonchev–Trinajstić information content (AvgIpc) is 3.14. The van der Waals surface area contributed by atoms with E-state index in [1.807, 2.05) is 42.5 Å². The fourth-order valence-electron chi connectivity index (χ4n) is 2.34. The molecule has 0 bridgehead atoms.